The van der Waals surface area contributed by atoms with Gasteiger partial charge in [-0.2, -0.15) is 4.98 Å². The molecule has 6 rings (SSSR count). The van der Waals surface area contributed by atoms with Crippen LogP contribution in [0, 0.1) is 5.82 Å². The van der Waals surface area contributed by atoms with Gasteiger partial charge in [-0.3, -0.25) is 4.79 Å². The lowest BCUT2D eigenvalue weighted by Gasteiger charge is -2.29. The van der Waals surface area contributed by atoms with Crippen LogP contribution in [0.15, 0.2) is 24.4 Å². The highest BCUT2D eigenvalue weighted by molar-refractivity contribution is 5.94. The van der Waals surface area contributed by atoms with Crippen LogP contribution in [0.1, 0.15) is 37.7 Å². The largest absolute Gasteiger partial charge is 0.369 e. The molecular weight excluding hydrogens is 421 g/mol. The Balaban J connectivity index is 1.16. The summed E-state index contributed by atoms with van der Waals surface area (Å²) in [5, 5.41) is 9.74. The van der Waals surface area contributed by atoms with Crippen molar-refractivity contribution in [2.75, 3.05) is 48.3 Å². The smallest absolute Gasteiger partial charge is 0.248 e. The van der Waals surface area contributed by atoms with E-state index in [1.807, 2.05) is 6.07 Å². The molecule has 9 heteroatoms. The number of benzene rings is 1. The number of piperazine rings is 1. The highest BCUT2D eigenvalue weighted by Gasteiger charge is 2.52. The number of hydrogen-bond acceptors (Lipinski definition) is 7. The Hall–Kier alpha value is -2.94. The number of carbonyl (C=O) groups is 1. The van der Waals surface area contributed by atoms with Gasteiger partial charge in [-0.1, -0.05) is 12.8 Å². The van der Waals surface area contributed by atoms with Crippen molar-refractivity contribution in [3.63, 3.8) is 0 Å². The SMILES string of the molecule is O=C1N(C2CCCC2)CCC12Cc1cnc(Nc3ccc(N4CCNCC4)cc3F)nc1N2. The number of hydrogen-bond donors (Lipinski definition) is 3. The molecule has 1 unspecified atom stereocenters. The summed E-state index contributed by atoms with van der Waals surface area (Å²) in [5.74, 6) is 0.853. The highest BCUT2D eigenvalue weighted by Crippen LogP contribution is 2.41. The first-order valence-corrected chi connectivity index (χ1v) is 12.1. The summed E-state index contributed by atoms with van der Waals surface area (Å²) in [5.41, 5.74) is 1.56. The van der Waals surface area contributed by atoms with E-state index in [-0.39, 0.29) is 11.7 Å². The Kier molecular flexibility index (Phi) is 5.09. The van der Waals surface area contributed by atoms with Crippen molar-refractivity contribution in [1.29, 1.82) is 0 Å². The van der Waals surface area contributed by atoms with Crippen LogP contribution < -0.4 is 20.9 Å². The van der Waals surface area contributed by atoms with E-state index >= 15 is 0 Å². The Morgan fingerprint density at radius 2 is 1.97 bits per heavy atom. The quantitative estimate of drug-likeness (QED) is 0.659. The zero-order chi connectivity index (χ0) is 22.4. The molecule has 4 heterocycles. The second-order valence-corrected chi connectivity index (χ2v) is 9.66. The van der Waals surface area contributed by atoms with Gasteiger partial charge < -0.3 is 25.8 Å². The van der Waals surface area contributed by atoms with Crippen molar-refractivity contribution < 1.29 is 9.18 Å². The monoisotopic (exact) mass is 451 g/mol. The molecule has 0 bridgehead atoms. The molecule has 4 aliphatic rings. The third kappa shape index (κ3) is 3.68. The summed E-state index contributed by atoms with van der Waals surface area (Å²) in [4.78, 5) is 26.6. The first-order chi connectivity index (χ1) is 16.1. The Labute approximate surface area is 193 Å². The summed E-state index contributed by atoms with van der Waals surface area (Å²) >= 11 is 0. The summed E-state index contributed by atoms with van der Waals surface area (Å²) in [6.45, 7) is 4.34. The van der Waals surface area contributed by atoms with Crippen LogP contribution in [0.2, 0.25) is 0 Å². The fourth-order valence-electron chi connectivity index (χ4n) is 5.79. The Bertz CT molecular complexity index is 1070. The van der Waals surface area contributed by atoms with E-state index in [2.05, 4.69) is 35.7 Å². The second kappa shape index (κ2) is 8.13. The molecule has 1 aromatic heterocycles. The first kappa shape index (κ1) is 20.7. The van der Waals surface area contributed by atoms with Gasteiger partial charge in [-0.15, -0.1) is 0 Å². The molecule has 0 radical (unpaired) electrons. The van der Waals surface area contributed by atoms with Gasteiger partial charge in [0.1, 0.15) is 17.2 Å². The molecule has 3 fully saturated rings. The standard InChI is InChI=1S/C24H30FN7O/c25-19-13-18(31-11-8-26-9-12-31)5-6-20(19)28-23-27-15-16-14-24(30-21(16)29-23)7-10-32(22(24)33)17-3-1-2-4-17/h5-6,13,15,17,26H,1-4,7-12,14H2,(H2,27,28,29,30). The van der Waals surface area contributed by atoms with E-state index in [4.69, 9.17) is 0 Å². The van der Waals surface area contributed by atoms with Crippen LogP contribution in [-0.4, -0.2) is 65.1 Å². The van der Waals surface area contributed by atoms with Gasteiger partial charge in [0.25, 0.3) is 0 Å². The average Bonchev–Trinajstić information content (AvgIpc) is 3.56. The molecule has 1 saturated carbocycles. The van der Waals surface area contributed by atoms with Crippen molar-refractivity contribution in [1.82, 2.24) is 20.2 Å². The number of carbonyl (C=O) groups excluding carboxylic acids is 1. The van der Waals surface area contributed by atoms with E-state index in [0.29, 0.717) is 29.9 Å². The minimum Gasteiger partial charge on any atom is -0.369 e. The molecule has 1 aromatic carbocycles. The molecule has 3 N–H and O–H groups in total. The van der Waals surface area contributed by atoms with Gasteiger partial charge in [0.15, 0.2) is 0 Å². The Morgan fingerprint density at radius 3 is 2.76 bits per heavy atom. The molecule has 2 saturated heterocycles. The van der Waals surface area contributed by atoms with Gasteiger partial charge >= 0.3 is 0 Å². The molecule has 33 heavy (non-hydrogen) atoms. The minimum absolute atomic E-state index is 0.191. The highest BCUT2D eigenvalue weighted by atomic mass is 19.1. The van der Waals surface area contributed by atoms with Crippen molar-refractivity contribution >= 4 is 29.0 Å². The molecule has 1 spiro atoms. The molecule has 8 nitrogen and oxygen atoms in total. The average molecular weight is 452 g/mol. The molecule has 2 aromatic rings. The van der Waals surface area contributed by atoms with Crippen molar-refractivity contribution in [2.45, 2.75) is 50.1 Å². The molecule has 174 valence electrons. The molecule has 3 aliphatic heterocycles. The lowest BCUT2D eigenvalue weighted by molar-refractivity contribution is -0.133. The maximum atomic E-state index is 14.8. The lowest BCUT2D eigenvalue weighted by Crippen LogP contribution is -2.47. The summed E-state index contributed by atoms with van der Waals surface area (Å²) in [6, 6.07) is 5.60. The van der Waals surface area contributed by atoms with Crippen LogP contribution in [-0.2, 0) is 11.2 Å². The maximum absolute atomic E-state index is 14.8. The number of amides is 1. The normalized spacial score (nSPS) is 25.1. The fraction of sp³-hybridized carbons (Fsp3) is 0.542. The van der Waals surface area contributed by atoms with Crippen molar-refractivity contribution in [2.24, 2.45) is 0 Å². The van der Waals surface area contributed by atoms with E-state index in [1.165, 1.54) is 12.8 Å². The predicted molar refractivity (Wildman–Crippen MR) is 125 cm³/mol. The van der Waals surface area contributed by atoms with E-state index < -0.39 is 5.54 Å². The second-order valence-electron chi connectivity index (χ2n) is 9.66. The number of fused-ring (bicyclic) bond motifs is 1. The van der Waals surface area contributed by atoms with Gasteiger partial charge in [0.2, 0.25) is 11.9 Å². The molecule has 1 amide bonds. The Morgan fingerprint density at radius 1 is 1.15 bits per heavy atom. The fourth-order valence-corrected chi connectivity index (χ4v) is 5.79. The maximum Gasteiger partial charge on any atom is 0.248 e. The van der Waals surface area contributed by atoms with Crippen LogP contribution >= 0.6 is 0 Å². The number of nitrogens with zero attached hydrogens (tertiary/aromatic N) is 4. The van der Waals surface area contributed by atoms with Crippen molar-refractivity contribution in [3.8, 4) is 0 Å². The molecule has 1 aliphatic carbocycles. The van der Waals surface area contributed by atoms with Crippen LogP contribution in [0.5, 0.6) is 0 Å². The van der Waals surface area contributed by atoms with Gasteiger partial charge in [0, 0.05) is 62.6 Å². The zero-order valence-electron chi connectivity index (χ0n) is 18.7. The number of nitrogens with one attached hydrogen (secondary N) is 3. The summed E-state index contributed by atoms with van der Waals surface area (Å²) < 4.78 is 14.8. The minimum atomic E-state index is -0.603. The van der Waals surface area contributed by atoms with Crippen molar-refractivity contribution in [3.05, 3.63) is 35.8 Å². The van der Waals surface area contributed by atoms with Gasteiger partial charge in [-0.25, -0.2) is 9.37 Å². The zero-order valence-corrected chi connectivity index (χ0v) is 18.7. The molecule has 1 atom stereocenters. The number of halogens is 1. The summed E-state index contributed by atoms with van der Waals surface area (Å²) in [6.07, 6.45) is 7.79. The first-order valence-electron chi connectivity index (χ1n) is 12.1. The third-order valence-corrected chi connectivity index (χ3v) is 7.61. The van der Waals surface area contributed by atoms with Crippen LogP contribution in [0.3, 0.4) is 0 Å². The number of aromatic nitrogens is 2. The van der Waals surface area contributed by atoms with E-state index in [9.17, 15) is 9.18 Å². The van der Waals surface area contributed by atoms with E-state index in [1.54, 1.807) is 18.3 Å². The summed E-state index contributed by atoms with van der Waals surface area (Å²) in [7, 11) is 0. The van der Waals surface area contributed by atoms with Gasteiger partial charge in [0.05, 0.1) is 5.69 Å². The topological polar surface area (TPSA) is 85.4 Å². The molecular formula is C24H30FN7O. The number of anilines is 4. The lowest BCUT2D eigenvalue weighted by atomic mass is 9.94. The third-order valence-electron chi connectivity index (χ3n) is 7.61. The predicted octanol–water partition coefficient (Wildman–Crippen LogP) is 2.65. The van der Waals surface area contributed by atoms with Gasteiger partial charge in [-0.05, 0) is 37.5 Å². The van der Waals surface area contributed by atoms with Crippen LogP contribution in [0.4, 0.5) is 27.5 Å². The van der Waals surface area contributed by atoms with E-state index in [0.717, 1.165) is 63.2 Å². The number of likely N-dealkylation sites (tertiary alicyclic amines) is 1. The number of rotatable bonds is 4. The van der Waals surface area contributed by atoms with Crippen LogP contribution in [0.25, 0.3) is 0 Å².